The van der Waals surface area contributed by atoms with E-state index >= 15 is 0 Å². The number of rotatable bonds is 3. The third-order valence-electron chi connectivity index (χ3n) is 1.19. The Labute approximate surface area is 60.3 Å². The van der Waals surface area contributed by atoms with Crippen LogP contribution in [0.3, 0.4) is 0 Å². The van der Waals surface area contributed by atoms with E-state index in [0.717, 1.165) is 12.0 Å². The van der Waals surface area contributed by atoms with Gasteiger partial charge in [0, 0.05) is 5.56 Å². The van der Waals surface area contributed by atoms with Crippen molar-refractivity contribution in [2.45, 2.75) is 6.42 Å². The highest BCUT2D eigenvalue weighted by atomic mass is 16.3. The van der Waals surface area contributed by atoms with Gasteiger partial charge in [0.2, 0.25) is 0 Å². The van der Waals surface area contributed by atoms with Gasteiger partial charge in [-0.1, -0.05) is 12.2 Å². The highest BCUT2D eigenvalue weighted by Gasteiger charge is 1.83. The van der Waals surface area contributed by atoms with Crippen LogP contribution in [0.5, 0.6) is 0 Å². The zero-order chi connectivity index (χ0) is 7.23. The Morgan fingerprint density at radius 3 is 3.10 bits per heavy atom. The van der Waals surface area contributed by atoms with E-state index in [1.807, 2.05) is 18.2 Å². The largest absolute Gasteiger partial charge is 0.472 e. The maximum atomic E-state index is 5.29. The van der Waals surface area contributed by atoms with E-state index in [-0.39, 0.29) is 0 Å². The molecule has 0 unspecified atom stereocenters. The topological polar surface area (TPSA) is 39.2 Å². The minimum Gasteiger partial charge on any atom is -0.472 e. The van der Waals surface area contributed by atoms with Crippen LogP contribution in [-0.4, -0.2) is 6.54 Å². The summed E-state index contributed by atoms with van der Waals surface area (Å²) >= 11 is 0. The molecule has 0 aliphatic heterocycles. The SMILES string of the molecule is NCC/C=C/c1ccoc1. The predicted octanol–water partition coefficient (Wildman–Crippen LogP) is 1.64. The minimum absolute atomic E-state index is 0.703. The van der Waals surface area contributed by atoms with E-state index in [9.17, 15) is 0 Å². The van der Waals surface area contributed by atoms with Crippen molar-refractivity contribution in [3.8, 4) is 0 Å². The molecule has 0 saturated carbocycles. The monoisotopic (exact) mass is 137 g/mol. The summed E-state index contributed by atoms with van der Waals surface area (Å²) in [5.74, 6) is 0. The second kappa shape index (κ2) is 3.90. The summed E-state index contributed by atoms with van der Waals surface area (Å²) in [4.78, 5) is 0. The van der Waals surface area contributed by atoms with Gasteiger partial charge in [0.15, 0.2) is 0 Å². The molecule has 0 fully saturated rings. The van der Waals surface area contributed by atoms with Crippen molar-refractivity contribution in [2.24, 2.45) is 5.73 Å². The van der Waals surface area contributed by atoms with Gasteiger partial charge in [0.1, 0.15) is 0 Å². The smallest absolute Gasteiger partial charge is 0.0974 e. The fourth-order valence-corrected chi connectivity index (χ4v) is 0.685. The quantitative estimate of drug-likeness (QED) is 0.687. The van der Waals surface area contributed by atoms with E-state index in [0.29, 0.717) is 6.54 Å². The number of nitrogens with two attached hydrogens (primary N) is 1. The first kappa shape index (κ1) is 7.09. The van der Waals surface area contributed by atoms with Crippen LogP contribution in [-0.2, 0) is 0 Å². The second-order valence-electron chi connectivity index (χ2n) is 2.04. The summed E-state index contributed by atoms with van der Waals surface area (Å²) in [6, 6.07) is 1.91. The molecule has 0 atom stereocenters. The van der Waals surface area contributed by atoms with Crippen molar-refractivity contribution in [3.63, 3.8) is 0 Å². The highest BCUT2D eigenvalue weighted by Crippen LogP contribution is 2.02. The Morgan fingerprint density at radius 1 is 1.60 bits per heavy atom. The van der Waals surface area contributed by atoms with Crippen LogP contribution in [0.1, 0.15) is 12.0 Å². The standard InChI is InChI=1S/C8H11NO/c9-5-2-1-3-8-4-6-10-7-8/h1,3-4,6-7H,2,5,9H2/b3-1+. The van der Waals surface area contributed by atoms with Gasteiger partial charge in [-0.15, -0.1) is 0 Å². The Bertz CT molecular complexity index is 189. The Kier molecular flexibility index (Phi) is 2.77. The maximum absolute atomic E-state index is 5.29. The van der Waals surface area contributed by atoms with Crippen LogP contribution >= 0.6 is 0 Å². The first-order valence-electron chi connectivity index (χ1n) is 3.32. The molecule has 0 bridgehead atoms. The second-order valence-corrected chi connectivity index (χ2v) is 2.04. The van der Waals surface area contributed by atoms with Crippen molar-refractivity contribution in [3.05, 3.63) is 30.2 Å². The molecule has 0 aromatic carbocycles. The van der Waals surface area contributed by atoms with E-state index < -0.39 is 0 Å². The molecule has 0 saturated heterocycles. The van der Waals surface area contributed by atoms with Gasteiger partial charge >= 0.3 is 0 Å². The number of hydrogen-bond acceptors (Lipinski definition) is 2. The van der Waals surface area contributed by atoms with Gasteiger partial charge in [-0.2, -0.15) is 0 Å². The van der Waals surface area contributed by atoms with Crippen LogP contribution in [0.4, 0.5) is 0 Å². The first-order chi connectivity index (χ1) is 4.93. The van der Waals surface area contributed by atoms with E-state index in [1.165, 1.54) is 0 Å². The van der Waals surface area contributed by atoms with Crippen molar-refractivity contribution in [2.75, 3.05) is 6.54 Å². The lowest BCUT2D eigenvalue weighted by Gasteiger charge is -1.82. The maximum Gasteiger partial charge on any atom is 0.0974 e. The van der Waals surface area contributed by atoms with Crippen LogP contribution in [0.15, 0.2) is 29.1 Å². The Hall–Kier alpha value is -1.02. The molecule has 2 heteroatoms. The molecule has 1 aromatic heterocycles. The lowest BCUT2D eigenvalue weighted by molar-refractivity contribution is 0.567. The molecule has 1 rings (SSSR count). The fourth-order valence-electron chi connectivity index (χ4n) is 0.685. The van der Waals surface area contributed by atoms with Gasteiger partial charge < -0.3 is 10.2 Å². The third kappa shape index (κ3) is 2.07. The summed E-state index contributed by atoms with van der Waals surface area (Å²) in [7, 11) is 0. The predicted molar refractivity (Wildman–Crippen MR) is 41.4 cm³/mol. The molecule has 0 aliphatic carbocycles. The number of hydrogen-bond donors (Lipinski definition) is 1. The van der Waals surface area contributed by atoms with Gasteiger partial charge in [0.25, 0.3) is 0 Å². The molecular formula is C8H11NO. The van der Waals surface area contributed by atoms with Crippen LogP contribution in [0, 0.1) is 0 Å². The van der Waals surface area contributed by atoms with Gasteiger partial charge in [-0.05, 0) is 19.0 Å². The molecule has 10 heavy (non-hydrogen) atoms. The van der Waals surface area contributed by atoms with E-state index in [2.05, 4.69) is 0 Å². The van der Waals surface area contributed by atoms with E-state index in [4.69, 9.17) is 10.2 Å². The average molecular weight is 137 g/mol. The Morgan fingerprint density at radius 2 is 2.50 bits per heavy atom. The summed E-state index contributed by atoms with van der Waals surface area (Å²) in [5, 5.41) is 0. The molecular weight excluding hydrogens is 126 g/mol. The first-order valence-corrected chi connectivity index (χ1v) is 3.32. The van der Waals surface area contributed by atoms with Gasteiger partial charge in [-0.25, -0.2) is 0 Å². The summed E-state index contributed by atoms with van der Waals surface area (Å²) in [5.41, 5.74) is 6.38. The molecule has 1 heterocycles. The van der Waals surface area contributed by atoms with Crippen molar-refractivity contribution < 1.29 is 4.42 Å². The van der Waals surface area contributed by atoms with Crippen LogP contribution in [0.25, 0.3) is 6.08 Å². The van der Waals surface area contributed by atoms with Crippen LogP contribution in [0.2, 0.25) is 0 Å². The molecule has 0 aliphatic rings. The zero-order valence-electron chi connectivity index (χ0n) is 5.79. The molecule has 2 N–H and O–H groups in total. The molecule has 54 valence electrons. The van der Waals surface area contributed by atoms with Crippen molar-refractivity contribution in [1.29, 1.82) is 0 Å². The fraction of sp³-hybridized carbons (Fsp3) is 0.250. The molecule has 0 spiro atoms. The lowest BCUT2D eigenvalue weighted by Crippen LogP contribution is -1.94. The normalized spacial score (nSPS) is 10.9. The highest BCUT2D eigenvalue weighted by molar-refractivity contribution is 5.46. The Balaban J connectivity index is 2.40. The third-order valence-corrected chi connectivity index (χ3v) is 1.19. The number of furan rings is 1. The average Bonchev–Trinajstić information content (AvgIpc) is 2.41. The zero-order valence-corrected chi connectivity index (χ0v) is 5.79. The van der Waals surface area contributed by atoms with Gasteiger partial charge in [-0.3, -0.25) is 0 Å². The van der Waals surface area contributed by atoms with Crippen LogP contribution < -0.4 is 5.73 Å². The molecule has 2 nitrogen and oxygen atoms in total. The molecule has 1 aromatic rings. The summed E-state index contributed by atoms with van der Waals surface area (Å²) in [6.07, 6.45) is 8.31. The minimum atomic E-state index is 0.703. The van der Waals surface area contributed by atoms with E-state index in [1.54, 1.807) is 12.5 Å². The molecule has 0 amide bonds. The van der Waals surface area contributed by atoms with Crippen molar-refractivity contribution in [1.82, 2.24) is 0 Å². The summed E-state index contributed by atoms with van der Waals surface area (Å²) < 4.78 is 4.86. The summed E-state index contributed by atoms with van der Waals surface area (Å²) in [6.45, 7) is 0.703. The molecule has 0 radical (unpaired) electrons. The van der Waals surface area contributed by atoms with Gasteiger partial charge in [0.05, 0.1) is 12.5 Å². The lowest BCUT2D eigenvalue weighted by atomic mass is 10.3. The van der Waals surface area contributed by atoms with Crippen molar-refractivity contribution >= 4 is 6.08 Å².